The summed E-state index contributed by atoms with van der Waals surface area (Å²) in [7, 11) is 0. The Balaban J connectivity index is 1.57. The van der Waals surface area contributed by atoms with Gasteiger partial charge in [0.15, 0.2) is 0 Å². The number of carbonyl (C=O) groups excluding carboxylic acids is 1. The van der Waals surface area contributed by atoms with Crippen LogP contribution in [0.1, 0.15) is 51.0 Å². The standard InChI is InChI=1S/C18H25NO3/c1-13-9-18(20)19-16-8-7-15(10-17(16)22-13)12-21-11-14-5-3-2-4-6-14/h7-8,10,13-14H,2-6,9,11-12H2,1H3,(H,19,20)/t13-/m1/s1. The first kappa shape index (κ1) is 15.3. The Morgan fingerprint density at radius 2 is 2.09 bits per heavy atom. The predicted octanol–water partition coefficient (Wildman–Crippen LogP) is 3.89. The lowest BCUT2D eigenvalue weighted by molar-refractivity contribution is -0.117. The van der Waals surface area contributed by atoms with E-state index in [-0.39, 0.29) is 12.0 Å². The Bertz CT molecular complexity index is 523. The van der Waals surface area contributed by atoms with E-state index < -0.39 is 0 Å². The Morgan fingerprint density at radius 3 is 2.91 bits per heavy atom. The van der Waals surface area contributed by atoms with E-state index in [1.165, 1.54) is 32.1 Å². The topological polar surface area (TPSA) is 47.6 Å². The van der Waals surface area contributed by atoms with E-state index in [1.807, 2.05) is 25.1 Å². The lowest BCUT2D eigenvalue weighted by Crippen LogP contribution is -2.17. The van der Waals surface area contributed by atoms with E-state index in [9.17, 15) is 4.79 Å². The van der Waals surface area contributed by atoms with E-state index >= 15 is 0 Å². The number of anilines is 1. The smallest absolute Gasteiger partial charge is 0.228 e. The Hall–Kier alpha value is -1.55. The summed E-state index contributed by atoms with van der Waals surface area (Å²) < 4.78 is 11.7. The molecule has 2 aliphatic rings. The number of benzene rings is 1. The molecule has 1 aromatic carbocycles. The van der Waals surface area contributed by atoms with Gasteiger partial charge in [-0.3, -0.25) is 4.79 Å². The van der Waals surface area contributed by atoms with E-state index in [2.05, 4.69) is 5.32 Å². The largest absolute Gasteiger partial charge is 0.488 e. The predicted molar refractivity (Wildman–Crippen MR) is 86.0 cm³/mol. The number of ether oxygens (including phenoxy) is 2. The second kappa shape index (κ2) is 7.14. The van der Waals surface area contributed by atoms with Crippen molar-refractivity contribution in [1.82, 2.24) is 0 Å². The van der Waals surface area contributed by atoms with Crippen molar-refractivity contribution in [2.24, 2.45) is 5.92 Å². The van der Waals surface area contributed by atoms with E-state index in [0.717, 1.165) is 29.5 Å². The van der Waals surface area contributed by atoms with Crippen LogP contribution in [-0.2, 0) is 16.1 Å². The normalized spacial score (nSPS) is 22.4. The first-order valence-corrected chi connectivity index (χ1v) is 8.38. The molecular weight excluding hydrogens is 278 g/mol. The highest BCUT2D eigenvalue weighted by molar-refractivity contribution is 5.93. The SMILES string of the molecule is C[C@@H]1CC(=O)Nc2ccc(COCC3CCCCC3)cc2O1. The Labute approximate surface area is 132 Å². The van der Waals surface area contributed by atoms with Gasteiger partial charge >= 0.3 is 0 Å². The van der Waals surface area contributed by atoms with Crippen molar-refractivity contribution in [1.29, 1.82) is 0 Å². The van der Waals surface area contributed by atoms with Crippen molar-refractivity contribution in [3.05, 3.63) is 23.8 Å². The summed E-state index contributed by atoms with van der Waals surface area (Å²) in [6.07, 6.45) is 6.97. The monoisotopic (exact) mass is 303 g/mol. The molecule has 1 aliphatic carbocycles. The van der Waals surface area contributed by atoms with Crippen LogP contribution in [-0.4, -0.2) is 18.6 Å². The summed E-state index contributed by atoms with van der Waals surface area (Å²) >= 11 is 0. The second-order valence-electron chi connectivity index (χ2n) is 6.53. The van der Waals surface area contributed by atoms with Crippen LogP contribution in [0.5, 0.6) is 5.75 Å². The number of amides is 1. The molecule has 3 rings (SSSR count). The molecule has 1 heterocycles. The molecule has 1 N–H and O–H groups in total. The third-order valence-corrected chi connectivity index (χ3v) is 4.47. The summed E-state index contributed by atoms with van der Waals surface area (Å²) in [5.74, 6) is 1.48. The fraction of sp³-hybridized carbons (Fsp3) is 0.611. The molecule has 22 heavy (non-hydrogen) atoms. The van der Waals surface area contributed by atoms with Crippen molar-refractivity contribution >= 4 is 11.6 Å². The molecule has 120 valence electrons. The van der Waals surface area contributed by atoms with Crippen LogP contribution in [0.2, 0.25) is 0 Å². The molecule has 1 amide bonds. The number of rotatable bonds is 4. The van der Waals surface area contributed by atoms with E-state index in [1.54, 1.807) is 0 Å². The zero-order chi connectivity index (χ0) is 15.4. The minimum atomic E-state index is -0.0975. The molecule has 0 spiro atoms. The van der Waals surface area contributed by atoms with Crippen LogP contribution in [0.4, 0.5) is 5.69 Å². The van der Waals surface area contributed by atoms with Crippen molar-refractivity contribution in [2.75, 3.05) is 11.9 Å². The molecule has 0 unspecified atom stereocenters. The summed E-state index contributed by atoms with van der Waals surface area (Å²) in [6, 6.07) is 5.89. The van der Waals surface area contributed by atoms with Gasteiger partial charge in [0.2, 0.25) is 5.91 Å². The second-order valence-corrected chi connectivity index (χ2v) is 6.53. The number of carbonyl (C=O) groups is 1. The highest BCUT2D eigenvalue weighted by Gasteiger charge is 2.19. The summed E-state index contributed by atoms with van der Waals surface area (Å²) in [5.41, 5.74) is 1.85. The van der Waals surface area contributed by atoms with Gasteiger partial charge < -0.3 is 14.8 Å². The van der Waals surface area contributed by atoms with Crippen LogP contribution in [0.25, 0.3) is 0 Å². The third-order valence-electron chi connectivity index (χ3n) is 4.47. The lowest BCUT2D eigenvalue weighted by Gasteiger charge is -2.21. The Kier molecular flexibility index (Phi) is 4.98. The number of hydrogen-bond acceptors (Lipinski definition) is 3. The van der Waals surface area contributed by atoms with Gasteiger partial charge in [0, 0.05) is 6.61 Å². The fourth-order valence-corrected chi connectivity index (χ4v) is 3.28. The molecule has 4 nitrogen and oxygen atoms in total. The third kappa shape index (κ3) is 4.01. The van der Waals surface area contributed by atoms with Crippen molar-refractivity contribution in [2.45, 2.75) is 58.2 Å². The molecule has 0 bridgehead atoms. The molecule has 0 aromatic heterocycles. The highest BCUT2D eigenvalue weighted by atomic mass is 16.5. The molecule has 0 radical (unpaired) electrons. The molecule has 0 saturated heterocycles. The van der Waals surface area contributed by atoms with Gasteiger partial charge in [-0.25, -0.2) is 0 Å². The average molecular weight is 303 g/mol. The summed E-state index contributed by atoms with van der Waals surface area (Å²) in [5, 5.41) is 2.88. The van der Waals surface area contributed by atoms with E-state index in [0.29, 0.717) is 13.0 Å². The quantitative estimate of drug-likeness (QED) is 0.918. The maximum Gasteiger partial charge on any atom is 0.228 e. The van der Waals surface area contributed by atoms with Crippen LogP contribution in [0, 0.1) is 5.92 Å². The zero-order valence-corrected chi connectivity index (χ0v) is 13.3. The van der Waals surface area contributed by atoms with Crippen LogP contribution in [0.3, 0.4) is 0 Å². The average Bonchev–Trinajstić information content (AvgIpc) is 2.64. The minimum absolute atomic E-state index is 0.00699. The highest BCUT2D eigenvalue weighted by Crippen LogP contribution is 2.30. The molecule has 4 heteroatoms. The summed E-state index contributed by atoms with van der Waals surface area (Å²) in [6.45, 7) is 3.38. The van der Waals surface area contributed by atoms with Gasteiger partial charge in [-0.15, -0.1) is 0 Å². The maximum absolute atomic E-state index is 11.7. The van der Waals surface area contributed by atoms with Crippen molar-refractivity contribution in [3.63, 3.8) is 0 Å². The van der Waals surface area contributed by atoms with Gasteiger partial charge in [-0.1, -0.05) is 25.3 Å². The molecule has 1 aromatic rings. The molecule has 1 saturated carbocycles. The van der Waals surface area contributed by atoms with E-state index in [4.69, 9.17) is 9.47 Å². The first-order chi connectivity index (χ1) is 10.7. The number of fused-ring (bicyclic) bond motifs is 1. The first-order valence-electron chi connectivity index (χ1n) is 8.38. The van der Waals surface area contributed by atoms with Crippen LogP contribution in [0.15, 0.2) is 18.2 Å². The van der Waals surface area contributed by atoms with Gasteiger partial charge in [-0.05, 0) is 43.4 Å². The minimum Gasteiger partial charge on any atom is -0.488 e. The lowest BCUT2D eigenvalue weighted by atomic mass is 9.90. The van der Waals surface area contributed by atoms with Crippen molar-refractivity contribution < 1.29 is 14.3 Å². The molecule has 1 atom stereocenters. The van der Waals surface area contributed by atoms with Gasteiger partial charge in [0.05, 0.1) is 18.7 Å². The molecule has 1 fully saturated rings. The van der Waals surface area contributed by atoms with Crippen LogP contribution < -0.4 is 10.1 Å². The zero-order valence-electron chi connectivity index (χ0n) is 13.3. The fourth-order valence-electron chi connectivity index (χ4n) is 3.28. The number of hydrogen-bond donors (Lipinski definition) is 1. The van der Waals surface area contributed by atoms with Gasteiger partial charge in [-0.2, -0.15) is 0 Å². The summed E-state index contributed by atoms with van der Waals surface area (Å²) in [4.78, 5) is 11.7. The van der Waals surface area contributed by atoms with Crippen molar-refractivity contribution in [3.8, 4) is 5.75 Å². The Morgan fingerprint density at radius 1 is 1.27 bits per heavy atom. The van der Waals surface area contributed by atoms with Crippen LogP contribution >= 0.6 is 0 Å². The molecule has 1 aliphatic heterocycles. The van der Waals surface area contributed by atoms with Gasteiger partial charge in [0.25, 0.3) is 0 Å². The molecular formula is C18H25NO3. The number of nitrogens with one attached hydrogen (secondary N) is 1. The van der Waals surface area contributed by atoms with Gasteiger partial charge in [0.1, 0.15) is 11.9 Å². The maximum atomic E-state index is 11.7.